The number of hydrogen-bond acceptors (Lipinski definition) is 3. The van der Waals surface area contributed by atoms with E-state index in [1.807, 2.05) is 6.07 Å². The summed E-state index contributed by atoms with van der Waals surface area (Å²) >= 11 is 0. The number of ether oxygens (including phenoxy) is 2. The Hall–Kier alpha value is -2.20. The third-order valence-corrected chi connectivity index (χ3v) is 5.22. The zero-order valence-corrected chi connectivity index (χ0v) is 14.9. The molecule has 0 aromatic heterocycles. The van der Waals surface area contributed by atoms with Crippen LogP contribution >= 0.6 is 0 Å². The van der Waals surface area contributed by atoms with Gasteiger partial charge in [0.25, 0.3) is 0 Å². The number of quaternary nitrogens is 1. The minimum Gasteiger partial charge on any atom is -0.507 e. The summed E-state index contributed by atoms with van der Waals surface area (Å²) in [6.07, 6.45) is 2.54. The zero-order valence-electron chi connectivity index (χ0n) is 14.9. The first-order valence-electron chi connectivity index (χ1n) is 9.15. The van der Waals surface area contributed by atoms with Gasteiger partial charge in [-0.25, -0.2) is 0 Å². The van der Waals surface area contributed by atoms with Gasteiger partial charge in [0.1, 0.15) is 18.8 Å². The Morgan fingerprint density at radius 3 is 2.36 bits per heavy atom. The summed E-state index contributed by atoms with van der Waals surface area (Å²) in [5.74, 6) is 2.24. The van der Waals surface area contributed by atoms with Crippen LogP contribution in [0.25, 0.3) is 0 Å². The standard InChI is InChI=1S/C21H25NO3/c1-14(2)16-5-3-15(4-6-16)11-22(18-7-8-18)12-17-9-20-21(10-19(17)23)25-13-24-20/h3-6,9-10,14,18,23H,7-8,11-13H2,1-2H3/p+1. The summed E-state index contributed by atoms with van der Waals surface area (Å²) in [6, 6.07) is 13.3. The molecular formula is C21H26NO3+. The average Bonchev–Trinajstić information content (AvgIpc) is 3.35. The van der Waals surface area contributed by atoms with Crippen LogP contribution in [0.5, 0.6) is 17.2 Å². The highest BCUT2D eigenvalue weighted by atomic mass is 16.7. The lowest BCUT2D eigenvalue weighted by Gasteiger charge is -2.20. The molecule has 25 heavy (non-hydrogen) atoms. The Morgan fingerprint density at radius 1 is 1.04 bits per heavy atom. The molecule has 2 aromatic carbocycles. The van der Waals surface area contributed by atoms with E-state index in [2.05, 4.69) is 38.1 Å². The maximum atomic E-state index is 10.3. The number of nitrogens with one attached hydrogen (secondary N) is 1. The summed E-state index contributed by atoms with van der Waals surface area (Å²) in [5, 5.41) is 10.3. The number of phenols is 1. The highest BCUT2D eigenvalue weighted by Gasteiger charge is 2.34. The van der Waals surface area contributed by atoms with Crippen LogP contribution in [-0.4, -0.2) is 17.9 Å². The van der Waals surface area contributed by atoms with Gasteiger partial charge in [0.05, 0.1) is 11.6 Å². The summed E-state index contributed by atoms with van der Waals surface area (Å²) in [7, 11) is 0. The smallest absolute Gasteiger partial charge is 0.231 e. The molecule has 2 aliphatic rings. The lowest BCUT2D eigenvalue weighted by atomic mass is 10.0. The van der Waals surface area contributed by atoms with Gasteiger partial charge in [-0.05, 0) is 17.5 Å². The maximum absolute atomic E-state index is 10.3. The van der Waals surface area contributed by atoms with Crippen LogP contribution in [0.1, 0.15) is 49.3 Å². The molecule has 0 spiro atoms. The van der Waals surface area contributed by atoms with Gasteiger partial charge in [-0.15, -0.1) is 0 Å². The normalized spacial score (nSPS) is 17.1. The molecule has 0 amide bonds. The molecule has 4 rings (SSSR count). The monoisotopic (exact) mass is 340 g/mol. The van der Waals surface area contributed by atoms with Gasteiger partial charge in [-0.3, -0.25) is 0 Å². The third kappa shape index (κ3) is 3.59. The fraction of sp³-hybridized carbons (Fsp3) is 0.429. The SMILES string of the molecule is CC(C)c1ccc(C[NH+](Cc2cc3c(cc2O)OCO3)C2CC2)cc1. The second-order valence-electron chi connectivity index (χ2n) is 7.52. The number of phenolic OH excluding ortho intramolecular Hbond substituents is 1. The van der Waals surface area contributed by atoms with Crippen molar-refractivity contribution in [3.63, 3.8) is 0 Å². The molecule has 132 valence electrons. The van der Waals surface area contributed by atoms with E-state index in [1.165, 1.54) is 28.9 Å². The molecule has 1 saturated carbocycles. The highest BCUT2D eigenvalue weighted by molar-refractivity contribution is 5.51. The van der Waals surface area contributed by atoms with Crippen molar-refractivity contribution >= 4 is 0 Å². The van der Waals surface area contributed by atoms with Crippen LogP contribution in [0.15, 0.2) is 36.4 Å². The largest absolute Gasteiger partial charge is 0.507 e. The Bertz CT molecular complexity index is 750. The molecule has 1 fully saturated rings. The summed E-state index contributed by atoms with van der Waals surface area (Å²) in [6.45, 7) is 6.47. The average molecular weight is 340 g/mol. The molecule has 1 heterocycles. The van der Waals surface area contributed by atoms with Gasteiger partial charge in [0, 0.05) is 24.5 Å². The van der Waals surface area contributed by atoms with Crippen LogP contribution in [0.3, 0.4) is 0 Å². The third-order valence-electron chi connectivity index (χ3n) is 5.22. The molecule has 1 aliphatic carbocycles. The predicted octanol–water partition coefficient (Wildman–Crippen LogP) is 2.99. The minimum atomic E-state index is 0.236. The highest BCUT2D eigenvalue weighted by Crippen LogP contribution is 2.37. The molecular weight excluding hydrogens is 314 g/mol. The van der Waals surface area contributed by atoms with Crippen LogP contribution in [0, 0.1) is 0 Å². The zero-order chi connectivity index (χ0) is 17.4. The molecule has 0 saturated heterocycles. The van der Waals surface area contributed by atoms with Gasteiger partial charge in [-0.1, -0.05) is 38.1 Å². The maximum Gasteiger partial charge on any atom is 0.231 e. The van der Waals surface area contributed by atoms with E-state index in [1.54, 1.807) is 6.07 Å². The van der Waals surface area contributed by atoms with Crippen LogP contribution in [-0.2, 0) is 13.1 Å². The second-order valence-corrected chi connectivity index (χ2v) is 7.52. The quantitative estimate of drug-likeness (QED) is 0.850. The van der Waals surface area contributed by atoms with Crippen molar-refractivity contribution in [2.75, 3.05) is 6.79 Å². The number of fused-ring (bicyclic) bond motifs is 1. The molecule has 2 aromatic rings. The lowest BCUT2D eigenvalue weighted by Crippen LogP contribution is -3.10. The Kier molecular flexibility index (Phi) is 4.30. The van der Waals surface area contributed by atoms with E-state index in [-0.39, 0.29) is 6.79 Å². The van der Waals surface area contributed by atoms with Crippen molar-refractivity contribution in [2.24, 2.45) is 0 Å². The molecule has 1 unspecified atom stereocenters. The number of hydrogen-bond donors (Lipinski definition) is 2. The van der Waals surface area contributed by atoms with Crippen molar-refractivity contribution in [3.8, 4) is 17.2 Å². The van der Waals surface area contributed by atoms with Crippen molar-refractivity contribution in [2.45, 2.75) is 51.7 Å². The summed E-state index contributed by atoms with van der Waals surface area (Å²) in [4.78, 5) is 1.51. The first kappa shape index (κ1) is 16.3. The number of aromatic hydroxyl groups is 1. The molecule has 2 N–H and O–H groups in total. The minimum absolute atomic E-state index is 0.236. The Balaban J connectivity index is 1.50. The topological polar surface area (TPSA) is 43.1 Å². The summed E-state index contributed by atoms with van der Waals surface area (Å²) in [5.41, 5.74) is 3.67. The van der Waals surface area contributed by atoms with Crippen LogP contribution in [0.4, 0.5) is 0 Å². The summed E-state index contributed by atoms with van der Waals surface area (Å²) < 4.78 is 10.8. The van der Waals surface area contributed by atoms with Crippen molar-refractivity contribution in [1.82, 2.24) is 0 Å². The van der Waals surface area contributed by atoms with Gasteiger partial charge >= 0.3 is 0 Å². The first-order valence-corrected chi connectivity index (χ1v) is 9.15. The number of benzene rings is 2. The molecule has 1 aliphatic heterocycles. The number of rotatable bonds is 6. The predicted molar refractivity (Wildman–Crippen MR) is 96.2 cm³/mol. The van der Waals surface area contributed by atoms with Crippen molar-refractivity contribution in [3.05, 3.63) is 53.1 Å². The molecule has 1 atom stereocenters. The molecule has 4 heteroatoms. The van der Waals surface area contributed by atoms with E-state index in [0.717, 1.165) is 24.4 Å². The van der Waals surface area contributed by atoms with Gasteiger partial charge in [0.15, 0.2) is 11.5 Å². The Morgan fingerprint density at radius 2 is 1.72 bits per heavy atom. The van der Waals surface area contributed by atoms with E-state index in [9.17, 15) is 5.11 Å². The fourth-order valence-corrected chi connectivity index (χ4v) is 3.48. The van der Waals surface area contributed by atoms with E-state index in [0.29, 0.717) is 23.5 Å². The van der Waals surface area contributed by atoms with Gasteiger partial charge in [-0.2, -0.15) is 0 Å². The molecule has 0 bridgehead atoms. The van der Waals surface area contributed by atoms with Crippen molar-refractivity contribution < 1.29 is 19.5 Å². The van der Waals surface area contributed by atoms with E-state index < -0.39 is 0 Å². The van der Waals surface area contributed by atoms with Crippen LogP contribution < -0.4 is 14.4 Å². The fourth-order valence-electron chi connectivity index (χ4n) is 3.48. The first-order chi connectivity index (χ1) is 12.1. The van der Waals surface area contributed by atoms with Gasteiger partial charge < -0.3 is 19.5 Å². The van der Waals surface area contributed by atoms with E-state index in [4.69, 9.17) is 9.47 Å². The van der Waals surface area contributed by atoms with Crippen LogP contribution in [0.2, 0.25) is 0 Å². The second kappa shape index (κ2) is 6.60. The van der Waals surface area contributed by atoms with Gasteiger partial charge in [0.2, 0.25) is 6.79 Å². The molecule has 0 radical (unpaired) electrons. The van der Waals surface area contributed by atoms with Crippen molar-refractivity contribution in [1.29, 1.82) is 0 Å². The lowest BCUT2D eigenvalue weighted by molar-refractivity contribution is -0.938. The Labute approximate surface area is 149 Å². The molecule has 4 nitrogen and oxygen atoms in total. The van der Waals surface area contributed by atoms with E-state index >= 15 is 0 Å².